The number of hydrogen-bond acceptors (Lipinski definition) is 5. The Hall–Kier alpha value is -1.79. The maximum absolute atomic E-state index is 12.4. The number of ether oxygens (including phenoxy) is 1. The van der Waals surface area contributed by atoms with E-state index in [9.17, 15) is 4.79 Å². The van der Waals surface area contributed by atoms with Crippen molar-refractivity contribution in [3.8, 4) is 10.7 Å². The molecule has 1 amide bonds. The number of carbonyl (C=O) groups excluding carboxylic acids is 1. The van der Waals surface area contributed by atoms with Gasteiger partial charge in [-0.3, -0.25) is 9.78 Å². The fourth-order valence-corrected chi connectivity index (χ4v) is 4.15. The Morgan fingerprint density at radius 1 is 1.36 bits per heavy atom. The second kappa shape index (κ2) is 8.54. The smallest absolute Gasteiger partial charge is 0.263 e. The third kappa shape index (κ3) is 4.64. The Kier molecular flexibility index (Phi) is 6.15. The van der Waals surface area contributed by atoms with Crippen LogP contribution in [0.5, 0.6) is 0 Å². The number of hydrogen-bond donors (Lipinski definition) is 1. The molecule has 0 bridgehead atoms. The second-order valence-corrected chi connectivity index (χ2v) is 7.57. The number of pyridine rings is 1. The highest BCUT2D eigenvalue weighted by atomic mass is 32.1. The molecule has 0 radical (unpaired) electrons. The first-order valence-electron chi connectivity index (χ1n) is 8.94. The summed E-state index contributed by atoms with van der Waals surface area (Å²) < 4.78 is 5.95. The molecule has 2 aromatic heterocycles. The lowest BCUT2D eigenvalue weighted by atomic mass is 9.88. The number of aryl methyl sites for hydroxylation is 1. The summed E-state index contributed by atoms with van der Waals surface area (Å²) in [5.74, 6) is 0.534. The molecule has 2 aromatic rings. The maximum atomic E-state index is 12.4. The summed E-state index contributed by atoms with van der Waals surface area (Å²) in [6.07, 6.45) is 7.00. The summed E-state index contributed by atoms with van der Waals surface area (Å²) in [6.45, 7) is 5.20. The lowest BCUT2D eigenvalue weighted by Crippen LogP contribution is -2.31. The Morgan fingerprint density at radius 3 is 2.96 bits per heavy atom. The fraction of sp³-hybridized carbons (Fsp3) is 0.526. The van der Waals surface area contributed by atoms with Crippen molar-refractivity contribution in [2.45, 2.75) is 45.6 Å². The zero-order chi connectivity index (χ0) is 17.6. The van der Waals surface area contributed by atoms with Crippen LogP contribution in [0.1, 0.15) is 48.0 Å². The van der Waals surface area contributed by atoms with Crippen molar-refractivity contribution in [2.24, 2.45) is 5.92 Å². The van der Waals surface area contributed by atoms with Crippen molar-refractivity contribution in [1.29, 1.82) is 0 Å². The lowest BCUT2D eigenvalue weighted by molar-refractivity contribution is -0.00293. The number of carbonyl (C=O) groups is 1. The standard InChI is InChI=1S/C19H25N3O2S/c1-13-7-3-4-9-16(13)24-12-11-21-18(23)17-14(2)22-19(25-17)15-8-5-6-10-20-15/h5-6,8,10,13,16H,3-4,7,9,11-12H2,1-2H3,(H,21,23). The maximum Gasteiger partial charge on any atom is 0.263 e. The van der Waals surface area contributed by atoms with Crippen molar-refractivity contribution in [3.63, 3.8) is 0 Å². The summed E-state index contributed by atoms with van der Waals surface area (Å²) in [5, 5.41) is 3.72. The summed E-state index contributed by atoms with van der Waals surface area (Å²) in [5.41, 5.74) is 1.54. The largest absolute Gasteiger partial charge is 0.376 e. The van der Waals surface area contributed by atoms with Gasteiger partial charge in [0.1, 0.15) is 9.88 Å². The Labute approximate surface area is 152 Å². The molecule has 0 aliphatic heterocycles. The predicted octanol–water partition coefficient (Wildman–Crippen LogP) is 3.84. The van der Waals surface area contributed by atoms with Gasteiger partial charge in [0.2, 0.25) is 0 Å². The first-order valence-corrected chi connectivity index (χ1v) is 9.75. The Balaban J connectivity index is 1.51. The summed E-state index contributed by atoms with van der Waals surface area (Å²) in [6, 6.07) is 5.69. The van der Waals surface area contributed by atoms with E-state index in [2.05, 4.69) is 22.2 Å². The van der Waals surface area contributed by atoms with Gasteiger partial charge < -0.3 is 10.1 Å². The normalized spacial score (nSPS) is 20.4. The van der Waals surface area contributed by atoms with Gasteiger partial charge in [-0.25, -0.2) is 4.98 Å². The predicted molar refractivity (Wildman–Crippen MR) is 99.8 cm³/mol. The summed E-state index contributed by atoms with van der Waals surface area (Å²) in [7, 11) is 0. The van der Waals surface area contributed by atoms with E-state index in [-0.39, 0.29) is 5.91 Å². The zero-order valence-electron chi connectivity index (χ0n) is 14.8. The van der Waals surface area contributed by atoms with E-state index in [1.54, 1.807) is 6.20 Å². The van der Waals surface area contributed by atoms with E-state index in [0.29, 0.717) is 30.1 Å². The Morgan fingerprint density at radius 2 is 2.20 bits per heavy atom. The molecule has 25 heavy (non-hydrogen) atoms. The first kappa shape index (κ1) is 18.0. The van der Waals surface area contributed by atoms with Gasteiger partial charge in [0, 0.05) is 12.7 Å². The molecule has 0 spiro atoms. The van der Waals surface area contributed by atoms with Crippen LogP contribution >= 0.6 is 11.3 Å². The highest BCUT2D eigenvalue weighted by Crippen LogP contribution is 2.27. The molecule has 2 heterocycles. The van der Waals surface area contributed by atoms with Crippen molar-refractivity contribution in [2.75, 3.05) is 13.2 Å². The van der Waals surface area contributed by atoms with Crippen LogP contribution in [0, 0.1) is 12.8 Å². The zero-order valence-corrected chi connectivity index (χ0v) is 15.6. The van der Waals surface area contributed by atoms with Crippen molar-refractivity contribution < 1.29 is 9.53 Å². The monoisotopic (exact) mass is 359 g/mol. The number of nitrogens with zero attached hydrogens (tertiary/aromatic N) is 2. The van der Waals surface area contributed by atoms with Crippen LogP contribution in [0.25, 0.3) is 10.7 Å². The molecule has 5 nitrogen and oxygen atoms in total. The fourth-order valence-electron chi connectivity index (χ4n) is 3.19. The summed E-state index contributed by atoms with van der Waals surface area (Å²) >= 11 is 1.38. The molecule has 1 saturated carbocycles. The molecule has 0 saturated heterocycles. The van der Waals surface area contributed by atoms with Gasteiger partial charge >= 0.3 is 0 Å². The van der Waals surface area contributed by atoms with E-state index < -0.39 is 0 Å². The highest BCUT2D eigenvalue weighted by molar-refractivity contribution is 7.17. The first-order chi connectivity index (χ1) is 12.1. The van der Waals surface area contributed by atoms with Crippen LogP contribution in [-0.2, 0) is 4.74 Å². The van der Waals surface area contributed by atoms with Crippen LogP contribution < -0.4 is 5.32 Å². The minimum absolute atomic E-state index is 0.0857. The van der Waals surface area contributed by atoms with Gasteiger partial charge in [0.15, 0.2) is 0 Å². The third-order valence-corrected chi connectivity index (χ3v) is 5.82. The van der Waals surface area contributed by atoms with E-state index in [1.165, 1.54) is 30.6 Å². The molecular weight excluding hydrogens is 334 g/mol. The quantitative estimate of drug-likeness (QED) is 0.796. The SMILES string of the molecule is Cc1nc(-c2ccccn2)sc1C(=O)NCCOC1CCCCC1C. The summed E-state index contributed by atoms with van der Waals surface area (Å²) in [4.78, 5) is 21.8. The van der Waals surface area contributed by atoms with E-state index >= 15 is 0 Å². The minimum Gasteiger partial charge on any atom is -0.376 e. The lowest BCUT2D eigenvalue weighted by Gasteiger charge is -2.28. The van der Waals surface area contributed by atoms with Crippen LogP contribution in [0.15, 0.2) is 24.4 Å². The minimum atomic E-state index is -0.0857. The molecular formula is C19H25N3O2S. The Bertz CT molecular complexity index is 702. The number of rotatable bonds is 6. The molecule has 1 N–H and O–H groups in total. The molecule has 2 unspecified atom stereocenters. The van der Waals surface area contributed by atoms with Crippen LogP contribution in [0.2, 0.25) is 0 Å². The molecule has 134 valence electrons. The van der Waals surface area contributed by atoms with Crippen LogP contribution in [-0.4, -0.2) is 35.1 Å². The molecule has 1 fully saturated rings. The van der Waals surface area contributed by atoms with Crippen LogP contribution in [0.3, 0.4) is 0 Å². The third-order valence-electron chi connectivity index (χ3n) is 4.64. The van der Waals surface area contributed by atoms with E-state index in [4.69, 9.17) is 4.74 Å². The van der Waals surface area contributed by atoms with Gasteiger partial charge in [-0.05, 0) is 37.8 Å². The van der Waals surface area contributed by atoms with Gasteiger partial charge in [0.05, 0.1) is 24.1 Å². The molecule has 3 rings (SSSR count). The van der Waals surface area contributed by atoms with Crippen molar-refractivity contribution in [1.82, 2.24) is 15.3 Å². The van der Waals surface area contributed by atoms with Crippen molar-refractivity contribution in [3.05, 3.63) is 35.0 Å². The average Bonchev–Trinajstić information content (AvgIpc) is 3.02. The number of aromatic nitrogens is 2. The second-order valence-electron chi connectivity index (χ2n) is 6.58. The number of nitrogens with one attached hydrogen (secondary N) is 1. The number of amides is 1. The van der Waals surface area contributed by atoms with Crippen molar-refractivity contribution >= 4 is 17.2 Å². The van der Waals surface area contributed by atoms with Crippen LogP contribution in [0.4, 0.5) is 0 Å². The van der Waals surface area contributed by atoms with Gasteiger partial charge in [-0.2, -0.15) is 0 Å². The molecule has 0 aromatic carbocycles. The highest BCUT2D eigenvalue weighted by Gasteiger charge is 2.22. The van der Waals surface area contributed by atoms with E-state index in [1.807, 2.05) is 25.1 Å². The average molecular weight is 359 g/mol. The molecule has 6 heteroatoms. The van der Waals surface area contributed by atoms with Gasteiger partial charge in [-0.1, -0.05) is 25.8 Å². The van der Waals surface area contributed by atoms with Gasteiger partial charge in [-0.15, -0.1) is 11.3 Å². The number of thiazole rings is 1. The van der Waals surface area contributed by atoms with Gasteiger partial charge in [0.25, 0.3) is 5.91 Å². The van der Waals surface area contributed by atoms with E-state index in [0.717, 1.165) is 22.8 Å². The molecule has 1 aliphatic carbocycles. The molecule has 1 aliphatic rings. The molecule has 2 atom stereocenters. The topological polar surface area (TPSA) is 64.1 Å².